The lowest BCUT2D eigenvalue weighted by Gasteiger charge is -2.26. The average molecular weight is 239 g/mol. The Morgan fingerprint density at radius 2 is 2.18 bits per heavy atom. The molecular weight excluding hydrogens is 222 g/mol. The maximum absolute atomic E-state index is 10.5. The maximum atomic E-state index is 10.5. The Labute approximate surface area is 99.6 Å². The molecule has 17 heavy (non-hydrogen) atoms. The third kappa shape index (κ3) is 3.50. The maximum Gasteiger partial charge on any atom is 0.306 e. The van der Waals surface area contributed by atoms with E-state index in [2.05, 4.69) is 15.3 Å². The Hall–Kier alpha value is -1.47. The number of nitrogens with zero attached hydrogens (tertiary/aromatic N) is 4. The summed E-state index contributed by atoms with van der Waals surface area (Å²) in [5.74, 6) is 0. The normalized spacial score (nSPS) is 17.2. The lowest BCUT2D eigenvalue weighted by atomic mass is 10.3. The van der Waals surface area contributed by atoms with Crippen LogP contribution in [0.25, 0.3) is 0 Å². The lowest BCUT2D eigenvalue weighted by molar-refractivity contribution is -0.385. The molecule has 0 spiro atoms. The third-order valence-electron chi connectivity index (χ3n) is 2.90. The van der Waals surface area contributed by atoms with Crippen LogP contribution in [0.5, 0.6) is 0 Å². The molecule has 1 aliphatic heterocycles. The fraction of sp³-hybridized carbons (Fsp3) is 0.700. The zero-order valence-corrected chi connectivity index (χ0v) is 9.71. The van der Waals surface area contributed by atoms with Crippen molar-refractivity contribution in [2.75, 3.05) is 32.7 Å². The Balaban J connectivity index is 1.71. The molecule has 94 valence electrons. The highest BCUT2D eigenvalue weighted by atomic mass is 16.6. The minimum Gasteiger partial charge on any atom is -0.314 e. The van der Waals surface area contributed by atoms with Crippen molar-refractivity contribution in [1.29, 1.82) is 0 Å². The summed E-state index contributed by atoms with van der Waals surface area (Å²) in [5, 5.41) is 17.7. The molecule has 1 aromatic heterocycles. The number of aromatic nitrogens is 2. The van der Waals surface area contributed by atoms with Gasteiger partial charge >= 0.3 is 5.69 Å². The van der Waals surface area contributed by atoms with Gasteiger partial charge in [0.25, 0.3) is 0 Å². The number of hydrogen-bond donors (Lipinski definition) is 1. The molecule has 1 aromatic rings. The molecule has 7 nitrogen and oxygen atoms in total. The van der Waals surface area contributed by atoms with Crippen LogP contribution in [0.15, 0.2) is 12.4 Å². The molecule has 0 saturated carbocycles. The third-order valence-corrected chi connectivity index (χ3v) is 2.90. The van der Waals surface area contributed by atoms with Crippen molar-refractivity contribution in [3.63, 3.8) is 0 Å². The van der Waals surface area contributed by atoms with Gasteiger partial charge in [0.2, 0.25) is 0 Å². The van der Waals surface area contributed by atoms with Gasteiger partial charge in [0, 0.05) is 32.7 Å². The van der Waals surface area contributed by atoms with Gasteiger partial charge in [0.15, 0.2) is 0 Å². The quantitative estimate of drug-likeness (QED) is 0.582. The minimum absolute atomic E-state index is 0.0622. The van der Waals surface area contributed by atoms with Gasteiger partial charge in [-0.15, -0.1) is 0 Å². The molecule has 0 amide bonds. The lowest BCUT2D eigenvalue weighted by Crippen LogP contribution is -2.43. The van der Waals surface area contributed by atoms with Crippen LogP contribution in [0.1, 0.15) is 6.42 Å². The van der Waals surface area contributed by atoms with Gasteiger partial charge in [-0.05, 0) is 13.0 Å². The smallest absolute Gasteiger partial charge is 0.306 e. The van der Waals surface area contributed by atoms with E-state index in [1.54, 1.807) is 4.68 Å². The van der Waals surface area contributed by atoms with Crippen LogP contribution >= 0.6 is 0 Å². The summed E-state index contributed by atoms with van der Waals surface area (Å²) in [6.07, 6.45) is 3.75. The summed E-state index contributed by atoms with van der Waals surface area (Å²) in [4.78, 5) is 12.5. The molecule has 0 aliphatic carbocycles. The van der Waals surface area contributed by atoms with Crippen molar-refractivity contribution >= 4 is 5.69 Å². The summed E-state index contributed by atoms with van der Waals surface area (Å²) in [5.41, 5.74) is 0.0622. The van der Waals surface area contributed by atoms with Crippen molar-refractivity contribution < 1.29 is 4.92 Å². The molecule has 0 bridgehead atoms. The molecule has 0 atom stereocenters. The number of aryl methyl sites for hydroxylation is 1. The number of piperazine rings is 1. The van der Waals surface area contributed by atoms with Crippen LogP contribution in [0.4, 0.5) is 5.69 Å². The second-order valence-electron chi connectivity index (χ2n) is 4.16. The first-order valence-corrected chi connectivity index (χ1v) is 5.85. The number of hydrogen-bond acceptors (Lipinski definition) is 5. The summed E-state index contributed by atoms with van der Waals surface area (Å²) in [6.45, 7) is 6.02. The molecule has 7 heteroatoms. The number of nitrogens with one attached hydrogen (secondary N) is 1. The zero-order valence-electron chi connectivity index (χ0n) is 9.71. The van der Waals surface area contributed by atoms with Crippen LogP contribution in [0.2, 0.25) is 0 Å². The van der Waals surface area contributed by atoms with E-state index >= 15 is 0 Å². The van der Waals surface area contributed by atoms with Gasteiger partial charge in [0.1, 0.15) is 12.4 Å². The van der Waals surface area contributed by atoms with Crippen LogP contribution in [-0.2, 0) is 6.54 Å². The van der Waals surface area contributed by atoms with E-state index in [0.29, 0.717) is 0 Å². The molecule has 0 unspecified atom stereocenters. The van der Waals surface area contributed by atoms with Crippen molar-refractivity contribution in [3.8, 4) is 0 Å². The number of rotatable bonds is 5. The van der Waals surface area contributed by atoms with Crippen molar-refractivity contribution in [1.82, 2.24) is 20.0 Å². The van der Waals surface area contributed by atoms with Crippen LogP contribution < -0.4 is 5.32 Å². The van der Waals surface area contributed by atoms with Crippen LogP contribution in [0.3, 0.4) is 0 Å². The van der Waals surface area contributed by atoms with Gasteiger partial charge in [-0.2, -0.15) is 5.10 Å². The van der Waals surface area contributed by atoms with Gasteiger partial charge in [0.05, 0.1) is 4.92 Å². The van der Waals surface area contributed by atoms with E-state index in [4.69, 9.17) is 0 Å². The molecule has 1 fully saturated rings. The first-order valence-electron chi connectivity index (χ1n) is 5.85. The summed E-state index contributed by atoms with van der Waals surface area (Å²) in [6, 6.07) is 0. The highest BCUT2D eigenvalue weighted by Gasteiger charge is 2.10. The summed E-state index contributed by atoms with van der Waals surface area (Å²) < 4.78 is 1.64. The van der Waals surface area contributed by atoms with Gasteiger partial charge < -0.3 is 10.2 Å². The van der Waals surface area contributed by atoms with E-state index in [9.17, 15) is 10.1 Å². The Morgan fingerprint density at radius 1 is 1.41 bits per heavy atom. The fourth-order valence-corrected chi connectivity index (χ4v) is 1.96. The Bertz CT molecular complexity index is 373. The topological polar surface area (TPSA) is 76.2 Å². The molecule has 1 N–H and O–H groups in total. The Kier molecular flexibility index (Phi) is 4.05. The molecule has 0 aromatic carbocycles. The van der Waals surface area contributed by atoms with Gasteiger partial charge in [-0.1, -0.05) is 0 Å². The Morgan fingerprint density at radius 3 is 2.82 bits per heavy atom. The number of nitro groups is 1. The molecule has 2 heterocycles. The highest BCUT2D eigenvalue weighted by molar-refractivity contribution is 5.20. The SMILES string of the molecule is O=[N+]([O-])c1cnn(CCCN2CCNCC2)c1. The molecule has 2 rings (SSSR count). The minimum atomic E-state index is -0.417. The standard InChI is InChI=1S/C10H17N5O2/c16-15(17)10-8-12-14(9-10)5-1-4-13-6-2-11-3-7-13/h8-9,11H,1-7H2. The molecule has 1 saturated heterocycles. The van der Waals surface area contributed by atoms with Crippen LogP contribution in [-0.4, -0.2) is 52.3 Å². The molecule has 1 aliphatic rings. The monoisotopic (exact) mass is 239 g/mol. The van der Waals surface area contributed by atoms with Crippen molar-refractivity contribution in [3.05, 3.63) is 22.5 Å². The predicted molar refractivity (Wildman–Crippen MR) is 62.8 cm³/mol. The first-order chi connectivity index (χ1) is 8.25. The van der Waals surface area contributed by atoms with Gasteiger partial charge in [-0.3, -0.25) is 14.8 Å². The van der Waals surface area contributed by atoms with E-state index in [1.165, 1.54) is 12.4 Å². The second kappa shape index (κ2) is 5.74. The summed E-state index contributed by atoms with van der Waals surface area (Å²) in [7, 11) is 0. The largest absolute Gasteiger partial charge is 0.314 e. The van der Waals surface area contributed by atoms with E-state index in [1.807, 2.05) is 0 Å². The highest BCUT2D eigenvalue weighted by Crippen LogP contribution is 2.08. The van der Waals surface area contributed by atoms with E-state index < -0.39 is 4.92 Å². The second-order valence-corrected chi connectivity index (χ2v) is 4.16. The van der Waals surface area contributed by atoms with Crippen LogP contribution in [0, 0.1) is 10.1 Å². The predicted octanol–water partition coefficient (Wildman–Crippen LogP) is 0.0866. The first kappa shape index (κ1) is 12.0. The fourth-order valence-electron chi connectivity index (χ4n) is 1.96. The van der Waals surface area contributed by atoms with Crippen molar-refractivity contribution in [2.45, 2.75) is 13.0 Å². The molecule has 0 radical (unpaired) electrons. The zero-order chi connectivity index (χ0) is 12.1. The molecular formula is C10H17N5O2. The van der Waals surface area contributed by atoms with E-state index in [-0.39, 0.29) is 5.69 Å². The summed E-state index contributed by atoms with van der Waals surface area (Å²) >= 11 is 0. The van der Waals surface area contributed by atoms with Gasteiger partial charge in [-0.25, -0.2) is 0 Å². The van der Waals surface area contributed by atoms with Crippen molar-refractivity contribution in [2.24, 2.45) is 0 Å². The average Bonchev–Trinajstić information content (AvgIpc) is 2.79. The van der Waals surface area contributed by atoms with E-state index in [0.717, 1.165) is 45.7 Å².